The van der Waals surface area contributed by atoms with Gasteiger partial charge in [0, 0.05) is 19.2 Å². The van der Waals surface area contributed by atoms with Crippen molar-refractivity contribution in [2.24, 2.45) is 7.05 Å². The van der Waals surface area contributed by atoms with Crippen LogP contribution in [0.2, 0.25) is 6.32 Å². The van der Waals surface area contributed by atoms with Crippen molar-refractivity contribution in [3.63, 3.8) is 0 Å². The van der Waals surface area contributed by atoms with E-state index in [0.717, 1.165) is 19.1 Å². The Labute approximate surface area is 72.1 Å². The standard InChI is InChI=1S/C8H10BN3/c1-12-5-7-4-9(6-10)3-2-8(7)11-12/h5H,2-4H2,1H3. The first-order chi connectivity index (χ1) is 5.79. The van der Waals surface area contributed by atoms with Crippen LogP contribution in [0.5, 0.6) is 0 Å². The Morgan fingerprint density at radius 1 is 1.75 bits per heavy atom. The zero-order valence-electron chi connectivity index (χ0n) is 7.12. The predicted molar refractivity (Wildman–Crippen MR) is 46.8 cm³/mol. The molecular weight excluding hydrogens is 149 g/mol. The lowest BCUT2D eigenvalue weighted by atomic mass is 9.43. The monoisotopic (exact) mass is 159 g/mol. The van der Waals surface area contributed by atoms with Crippen LogP contribution in [0.4, 0.5) is 0 Å². The molecule has 0 N–H and O–H groups in total. The highest BCUT2D eigenvalue weighted by molar-refractivity contribution is 6.66. The van der Waals surface area contributed by atoms with Crippen LogP contribution in [0, 0.1) is 11.2 Å². The lowest BCUT2D eigenvalue weighted by molar-refractivity contribution is 0.745. The highest BCUT2D eigenvalue weighted by Gasteiger charge is 2.23. The largest absolute Gasteiger partial charge is 0.275 e. The average molecular weight is 159 g/mol. The Balaban J connectivity index is 2.29. The number of rotatable bonds is 0. The van der Waals surface area contributed by atoms with E-state index in [1.54, 1.807) is 0 Å². The van der Waals surface area contributed by atoms with Crippen molar-refractivity contribution in [2.75, 3.05) is 0 Å². The van der Waals surface area contributed by atoms with Crippen LogP contribution < -0.4 is 0 Å². The van der Waals surface area contributed by atoms with Crippen LogP contribution in [-0.4, -0.2) is 16.5 Å². The minimum atomic E-state index is 0.210. The first kappa shape index (κ1) is 7.42. The molecule has 2 rings (SSSR count). The van der Waals surface area contributed by atoms with E-state index in [1.807, 2.05) is 17.9 Å². The Morgan fingerprint density at radius 2 is 2.58 bits per heavy atom. The van der Waals surface area contributed by atoms with Crippen molar-refractivity contribution in [1.29, 1.82) is 5.26 Å². The van der Waals surface area contributed by atoms with Crippen LogP contribution in [0.15, 0.2) is 6.20 Å². The molecule has 0 radical (unpaired) electrons. The zero-order valence-corrected chi connectivity index (χ0v) is 7.12. The Hall–Kier alpha value is -1.24. The number of hydrogen-bond acceptors (Lipinski definition) is 2. The SMILES string of the molecule is Cn1cc2c(n1)CCB(C#N)C2. The summed E-state index contributed by atoms with van der Waals surface area (Å²) in [6, 6.07) is 0. The molecule has 1 aliphatic heterocycles. The van der Waals surface area contributed by atoms with E-state index < -0.39 is 0 Å². The van der Waals surface area contributed by atoms with Gasteiger partial charge in [0.2, 0.25) is 0 Å². The molecule has 0 atom stereocenters. The third kappa shape index (κ3) is 1.12. The molecule has 1 aliphatic rings. The van der Waals surface area contributed by atoms with Crippen LogP contribution in [0.25, 0.3) is 0 Å². The van der Waals surface area contributed by atoms with E-state index in [1.165, 1.54) is 11.3 Å². The summed E-state index contributed by atoms with van der Waals surface area (Å²) in [7, 11) is 1.93. The van der Waals surface area contributed by atoms with E-state index >= 15 is 0 Å². The molecule has 3 nitrogen and oxygen atoms in total. The first-order valence-corrected chi connectivity index (χ1v) is 4.20. The normalized spacial score (nSPS) is 15.5. The Kier molecular flexibility index (Phi) is 1.65. The number of aromatic nitrogens is 2. The van der Waals surface area contributed by atoms with Gasteiger partial charge in [0.15, 0.2) is 0 Å². The molecular formula is C8H10BN3. The predicted octanol–water partition coefficient (Wildman–Crippen LogP) is 0.615. The van der Waals surface area contributed by atoms with Crippen molar-refractivity contribution in [3.8, 4) is 5.97 Å². The van der Waals surface area contributed by atoms with Gasteiger partial charge in [0.25, 0.3) is 6.71 Å². The molecule has 0 fully saturated rings. The highest BCUT2D eigenvalue weighted by Crippen LogP contribution is 2.18. The minimum Gasteiger partial charge on any atom is -0.275 e. The smallest absolute Gasteiger partial charge is 0.272 e. The molecule has 0 saturated heterocycles. The van der Waals surface area contributed by atoms with Crippen molar-refractivity contribution < 1.29 is 0 Å². The van der Waals surface area contributed by atoms with Crippen LogP contribution in [0.3, 0.4) is 0 Å². The summed E-state index contributed by atoms with van der Waals surface area (Å²) >= 11 is 0. The molecule has 12 heavy (non-hydrogen) atoms. The summed E-state index contributed by atoms with van der Waals surface area (Å²) in [4.78, 5) is 0. The molecule has 60 valence electrons. The van der Waals surface area contributed by atoms with E-state index in [2.05, 4.69) is 11.1 Å². The topological polar surface area (TPSA) is 41.6 Å². The lowest BCUT2D eigenvalue weighted by Gasteiger charge is -2.10. The summed E-state index contributed by atoms with van der Waals surface area (Å²) in [5.41, 5.74) is 2.44. The third-order valence-electron chi connectivity index (χ3n) is 2.37. The molecule has 0 amide bonds. The van der Waals surface area contributed by atoms with E-state index in [0.29, 0.717) is 0 Å². The van der Waals surface area contributed by atoms with Crippen molar-refractivity contribution in [2.45, 2.75) is 19.1 Å². The highest BCUT2D eigenvalue weighted by atomic mass is 15.2. The van der Waals surface area contributed by atoms with Crippen LogP contribution >= 0.6 is 0 Å². The Bertz CT molecular complexity index is 337. The summed E-state index contributed by atoms with van der Waals surface area (Å²) in [5.74, 6) is 2.32. The quantitative estimate of drug-likeness (QED) is 0.520. The maximum atomic E-state index is 8.75. The van der Waals surface area contributed by atoms with E-state index in [9.17, 15) is 0 Å². The van der Waals surface area contributed by atoms with Gasteiger partial charge in [-0.25, -0.2) is 5.26 Å². The average Bonchev–Trinajstić information content (AvgIpc) is 2.43. The fourth-order valence-electron chi connectivity index (χ4n) is 1.75. The molecule has 1 aromatic rings. The van der Waals surface area contributed by atoms with Gasteiger partial charge in [-0.15, -0.1) is 0 Å². The van der Waals surface area contributed by atoms with Gasteiger partial charge in [-0.05, 0) is 18.3 Å². The molecule has 0 unspecified atom stereocenters. The van der Waals surface area contributed by atoms with Crippen molar-refractivity contribution in [3.05, 3.63) is 17.5 Å². The third-order valence-corrected chi connectivity index (χ3v) is 2.37. The van der Waals surface area contributed by atoms with E-state index in [4.69, 9.17) is 5.26 Å². The molecule has 4 heteroatoms. The molecule has 0 saturated carbocycles. The van der Waals surface area contributed by atoms with Gasteiger partial charge >= 0.3 is 0 Å². The first-order valence-electron chi connectivity index (χ1n) is 4.20. The molecule has 0 aliphatic carbocycles. The molecule has 2 heterocycles. The van der Waals surface area contributed by atoms with Crippen molar-refractivity contribution >= 4 is 6.71 Å². The maximum absolute atomic E-state index is 8.75. The van der Waals surface area contributed by atoms with Crippen molar-refractivity contribution in [1.82, 2.24) is 9.78 Å². The fraction of sp³-hybridized carbons (Fsp3) is 0.500. The number of nitrogens with zero attached hydrogens (tertiary/aromatic N) is 3. The molecule has 0 aromatic carbocycles. The van der Waals surface area contributed by atoms with Gasteiger partial charge in [-0.2, -0.15) is 5.10 Å². The second-order valence-corrected chi connectivity index (χ2v) is 3.34. The van der Waals surface area contributed by atoms with Gasteiger partial charge in [-0.3, -0.25) is 4.68 Å². The van der Waals surface area contributed by atoms with Gasteiger partial charge in [0.05, 0.1) is 5.69 Å². The van der Waals surface area contributed by atoms with Gasteiger partial charge in [-0.1, -0.05) is 6.32 Å². The van der Waals surface area contributed by atoms with Gasteiger partial charge in [0.1, 0.15) is 0 Å². The summed E-state index contributed by atoms with van der Waals surface area (Å²) in [5, 5.41) is 13.1. The summed E-state index contributed by atoms with van der Waals surface area (Å²) in [6.45, 7) is 0.210. The zero-order chi connectivity index (χ0) is 8.55. The summed E-state index contributed by atoms with van der Waals surface area (Å²) < 4.78 is 1.84. The molecule has 1 aromatic heterocycles. The summed E-state index contributed by atoms with van der Waals surface area (Å²) in [6.07, 6.45) is 4.85. The Morgan fingerprint density at radius 3 is 3.33 bits per heavy atom. The number of nitriles is 1. The molecule has 0 spiro atoms. The van der Waals surface area contributed by atoms with E-state index in [-0.39, 0.29) is 6.71 Å². The molecule has 0 bridgehead atoms. The second-order valence-electron chi connectivity index (χ2n) is 3.34. The number of hydrogen-bond donors (Lipinski definition) is 0. The lowest BCUT2D eigenvalue weighted by Crippen LogP contribution is -2.20. The second kappa shape index (κ2) is 2.67. The van der Waals surface area contributed by atoms with Crippen LogP contribution in [0.1, 0.15) is 11.3 Å². The van der Waals surface area contributed by atoms with Crippen LogP contribution in [-0.2, 0) is 19.8 Å². The maximum Gasteiger partial charge on any atom is 0.272 e. The number of fused-ring (bicyclic) bond motifs is 1. The van der Waals surface area contributed by atoms with Gasteiger partial charge < -0.3 is 0 Å². The fourth-order valence-corrected chi connectivity index (χ4v) is 1.75. The minimum absolute atomic E-state index is 0.210. The number of aryl methyl sites for hydroxylation is 2.